The number of hydrogen-bond donors (Lipinski definition) is 1. The molecular formula is C14H22N2O2S. The number of fused-ring (bicyclic) bond motifs is 1. The van der Waals surface area contributed by atoms with Gasteiger partial charge in [-0.1, -0.05) is 18.2 Å². The summed E-state index contributed by atoms with van der Waals surface area (Å²) in [6.45, 7) is 3.37. The van der Waals surface area contributed by atoms with E-state index in [0.717, 1.165) is 26.1 Å². The van der Waals surface area contributed by atoms with Gasteiger partial charge in [0.25, 0.3) is 0 Å². The van der Waals surface area contributed by atoms with E-state index in [1.165, 1.54) is 22.9 Å². The molecule has 1 aliphatic heterocycles. The van der Waals surface area contributed by atoms with Crippen LogP contribution < -0.4 is 5.32 Å². The van der Waals surface area contributed by atoms with Gasteiger partial charge in [-0.25, -0.2) is 8.42 Å². The maximum atomic E-state index is 11.2. The van der Waals surface area contributed by atoms with E-state index in [1.807, 2.05) is 7.05 Å². The van der Waals surface area contributed by atoms with Crippen LogP contribution in [0.15, 0.2) is 18.2 Å². The van der Waals surface area contributed by atoms with E-state index in [1.54, 1.807) is 0 Å². The molecule has 0 fully saturated rings. The molecule has 0 radical (unpaired) electrons. The highest BCUT2D eigenvalue weighted by molar-refractivity contribution is 7.90. The third-order valence-electron chi connectivity index (χ3n) is 3.52. The van der Waals surface area contributed by atoms with Gasteiger partial charge >= 0.3 is 0 Å². The molecule has 0 amide bonds. The molecule has 0 saturated carbocycles. The van der Waals surface area contributed by atoms with E-state index < -0.39 is 9.84 Å². The minimum Gasteiger partial charge on any atom is -0.312 e. The van der Waals surface area contributed by atoms with Gasteiger partial charge in [-0.05, 0) is 36.7 Å². The Morgan fingerprint density at radius 1 is 1.37 bits per heavy atom. The van der Waals surface area contributed by atoms with Gasteiger partial charge in [0.2, 0.25) is 0 Å². The second-order valence-corrected chi connectivity index (χ2v) is 7.61. The first-order chi connectivity index (χ1) is 8.96. The van der Waals surface area contributed by atoms with Crippen molar-refractivity contribution in [2.75, 3.05) is 32.1 Å². The molecule has 0 unspecified atom stereocenters. The van der Waals surface area contributed by atoms with Crippen molar-refractivity contribution < 1.29 is 8.42 Å². The van der Waals surface area contributed by atoms with E-state index in [9.17, 15) is 8.42 Å². The number of nitrogens with zero attached hydrogens (tertiary/aromatic N) is 1. The summed E-state index contributed by atoms with van der Waals surface area (Å²) in [5.41, 5.74) is 4.14. The molecule has 0 saturated heterocycles. The molecule has 19 heavy (non-hydrogen) atoms. The molecule has 1 N–H and O–H groups in total. The van der Waals surface area contributed by atoms with E-state index in [0.29, 0.717) is 6.54 Å². The monoisotopic (exact) mass is 282 g/mol. The van der Waals surface area contributed by atoms with Crippen LogP contribution in [0.25, 0.3) is 0 Å². The van der Waals surface area contributed by atoms with Gasteiger partial charge in [0, 0.05) is 25.9 Å². The molecule has 1 aromatic carbocycles. The highest BCUT2D eigenvalue weighted by Crippen LogP contribution is 2.19. The highest BCUT2D eigenvalue weighted by Gasteiger charge is 2.14. The molecule has 1 aliphatic rings. The topological polar surface area (TPSA) is 49.4 Å². The molecule has 0 atom stereocenters. The van der Waals surface area contributed by atoms with Crippen molar-refractivity contribution in [1.82, 2.24) is 10.2 Å². The van der Waals surface area contributed by atoms with Crippen LogP contribution in [-0.2, 0) is 29.3 Å². The molecule has 0 bridgehead atoms. The lowest BCUT2D eigenvalue weighted by atomic mass is 9.95. The maximum Gasteiger partial charge on any atom is 0.148 e. The van der Waals surface area contributed by atoms with Crippen LogP contribution in [-0.4, -0.2) is 45.5 Å². The zero-order valence-electron chi connectivity index (χ0n) is 11.6. The molecule has 1 aromatic rings. The van der Waals surface area contributed by atoms with E-state index >= 15 is 0 Å². The fourth-order valence-corrected chi connectivity index (χ4v) is 3.09. The van der Waals surface area contributed by atoms with Gasteiger partial charge in [-0.3, -0.25) is 0 Å². The average Bonchev–Trinajstić information content (AvgIpc) is 2.36. The highest BCUT2D eigenvalue weighted by atomic mass is 32.2. The lowest BCUT2D eigenvalue weighted by Gasteiger charge is -2.23. The summed E-state index contributed by atoms with van der Waals surface area (Å²) in [6.07, 6.45) is 2.35. The lowest BCUT2D eigenvalue weighted by molar-refractivity contribution is 0.344. The smallest absolute Gasteiger partial charge is 0.148 e. The molecule has 5 heteroatoms. The Bertz CT molecular complexity index is 540. The van der Waals surface area contributed by atoms with Crippen LogP contribution in [0.5, 0.6) is 0 Å². The fourth-order valence-electron chi connectivity index (χ4n) is 2.45. The predicted octanol–water partition coefficient (Wildman–Crippen LogP) is 0.809. The van der Waals surface area contributed by atoms with Gasteiger partial charge in [-0.2, -0.15) is 0 Å². The van der Waals surface area contributed by atoms with Gasteiger partial charge in [0.1, 0.15) is 9.84 Å². The average molecular weight is 282 g/mol. The first kappa shape index (κ1) is 14.5. The SMILES string of the molecule is CN(CCS(C)(=O)=O)Cc1cccc2c1CCNC2. The van der Waals surface area contributed by atoms with E-state index in [-0.39, 0.29) is 5.75 Å². The summed E-state index contributed by atoms with van der Waals surface area (Å²) in [5, 5.41) is 3.37. The zero-order valence-corrected chi connectivity index (χ0v) is 12.5. The van der Waals surface area contributed by atoms with Crippen LogP contribution >= 0.6 is 0 Å². The Balaban J connectivity index is 2.03. The van der Waals surface area contributed by atoms with Gasteiger partial charge in [0.05, 0.1) is 5.75 Å². The lowest BCUT2D eigenvalue weighted by Crippen LogP contribution is -2.28. The molecule has 4 nitrogen and oxygen atoms in total. The first-order valence-corrected chi connectivity index (χ1v) is 8.68. The van der Waals surface area contributed by atoms with Crippen molar-refractivity contribution in [3.8, 4) is 0 Å². The second-order valence-electron chi connectivity index (χ2n) is 5.35. The van der Waals surface area contributed by atoms with E-state index in [4.69, 9.17) is 0 Å². The van der Waals surface area contributed by atoms with Crippen molar-refractivity contribution >= 4 is 9.84 Å². The number of benzene rings is 1. The Morgan fingerprint density at radius 3 is 2.89 bits per heavy atom. The molecular weight excluding hydrogens is 260 g/mol. The zero-order chi connectivity index (χ0) is 13.9. The summed E-state index contributed by atoms with van der Waals surface area (Å²) in [7, 11) is -0.903. The number of hydrogen-bond acceptors (Lipinski definition) is 4. The number of sulfone groups is 1. The summed E-state index contributed by atoms with van der Waals surface area (Å²) >= 11 is 0. The Morgan fingerprint density at radius 2 is 2.16 bits per heavy atom. The molecule has 0 aliphatic carbocycles. The summed E-state index contributed by atoms with van der Waals surface area (Å²) < 4.78 is 22.4. The molecule has 2 rings (SSSR count). The molecule has 0 spiro atoms. The minimum atomic E-state index is -2.88. The van der Waals surface area contributed by atoms with Crippen LogP contribution in [0.1, 0.15) is 16.7 Å². The third kappa shape index (κ3) is 4.30. The van der Waals surface area contributed by atoms with Crippen molar-refractivity contribution in [3.05, 3.63) is 34.9 Å². The van der Waals surface area contributed by atoms with Crippen LogP contribution in [0.3, 0.4) is 0 Å². The van der Waals surface area contributed by atoms with Crippen molar-refractivity contribution in [1.29, 1.82) is 0 Å². The minimum absolute atomic E-state index is 0.222. The predicted molar refractivity (Wildman–Crippen MR) is 77.9 cm³/mol. The fraction of sp³-hybridized carbons (Fsp3) is 0.571. The Kier molecular flexibility index (Phi) is 4.60. The standard InChI is InChI=1S/C14H22N2O2S/c1-16(8-9-19(2,17)18)11-13-5-3-4-12-10-15-7-6-14(12)13/h3-5,15H,6-11H2,1-2H3. The van der Waals surface area contributed by atoms with Crippen LogP contribution in [0.2, 0.25) is 0 Å². The van der Waals surface area contributed by atoms with Crippen molar-refractivity contribution in [2.24, 2.45) is 0 Å². The summed E-state index contributed by atoms with van der Waals surface area (Å²) in [4.78, 5) is 2.08. The molecule has 106 valence electrons. The maximum absolute atomic E-state index is 11.2. The normalized spacial score (nSPS) is 15.5. The summed E-state index contributed by atoms with van der Waals surface area (Å²) in [6, 6.07) is 6.41. The van der Waals surface area contributed by atoms with E-state index in [2.05, 4.69) is 28.4 Å². The number of rotatable bonds is 5. The Hall–Kier alpha value is -0.910. The Labute approximate surface area is 115 Å². The first-order valence-electron chi connectivity index (χ1n) is 6.62. The van der Waals surface area contributed by atoms with Gasteiger partial charge in [-0.15, -0.1) is 0 Å². The third-order valence-corrected chi connectivity index (χ3v) is 4.45. The second kappa shape index (κ2) is 6.03. The van der Waals surface area contributed by atoms with Gasteiger partial charge in [0.15, 0.2) is 0 Å². The van der Waals surface area contributed by atoms with Crippen LogP contribution in [0, 0.1) is 0 Å². The van der Waals surface area contributed by atoms with Crippen molar-refractivity contribution in [3.63, 3.8) is 0 Å². The summed E-state index contributed by atoms with van der Waals surface area (Å²) in [5.74, 6) is 0.222. The number of nitrogens with one attached hydrogen (secondary N) is 1. The molecule has 0 aromatic heterocycles. The van der Waals surface area contributed by atoms with Crippen molar-refractivity contribution in [2.45, 2.75) is 19.5 Å². The largest absolute Gasteiger partial charge is 0.312 e. The quantitative estimate of drug-likeness (QED) is 0.868. The van der Waals surface area contributed by atoms with Crippen LogP contribution in [0.4, 0.5) is 0 Å². The van der Waals surface area contributed by atoms with Gasteiger partial charge < -0.3 is 10.2 Å². The molecule has 1 heterocycles.